The lowest BCUT2D eigenvalue weighted by Crippen LogP contribution is -2.10. The molecule has 6 nitrogen and oxygen atoms in total. The molecule has 0 spiro atoms. The topological polar surface area (TPSA) is 68.3 Å². The maximum absolute atomic E-state index is 5.87. The minimum Gasteiger partial charge on any atom is -0.497 e. The highest BCUT2D eigenvalue weighted by Crippen LogP contribution is 2.27. The summed E-state index contributed by atoms with van der Waals surface area (Å²) in [7, 11) is 1.68. The van der Waals surface area contributed by atoms with Gasteiger partial charge in [0.25, 0.3) is 0 Å². The predicted molar refractivity (Wildman–Crippen MR) is 117 cm³/mol. The van der Waals surface area contributed by atoms with E-state index in [4.69, 9.17) is 9.47 Å². The molecular weight excluding hydrogens is 364 g/mol. The summed E-state index contributed by atoms with van der Waals surface area (Å²) in [6, 6.07) is 17.8. The van der Waals surface area contributed by atoms with Crippen molar-refractivity contribution >= 4 is 17.5 Å². The Balaban J connectivity index is 1.67. The van der Waals surface area contributed by atoms with Gasteiger partial charge in [-0.3, -0.25) is 0 Å². The number of aryl methyl sites for hydroxylation is 1. The molecule has 0 unspecified atom stereocenters. The van der Waals surface area contributed by atoms with Crippen molar-refractivity contribution in [3.05, 3.63) is 65.9 Å². The molecule has 0 bridgehead atoms. The summed E-state index contributed by atoms with van der Waals surface area (Å²) in [4.78, 5) is 9.10. The molecule has 0 amide bonds. The number of hydrogen-bond donors (Lipinski definition) is 2. The maximum Gasteiger partial charge on any atom is 0.229 e. The lowest BCUT2D eigenvalue weighted by Gasteiger charge is -2.15. The Bertz CT molecular complexity index is 944. The van der Waals surface area contributed by atoms with Crippen molar-refractivity contribution < 1.29 is 9.47 Å². The number of para-hydroxylation sites is 2. The fraction of sp³-hybridized carbons (Fsp3) is 0.304. The molecular formula is C23H28N4O2. The average molecular weight is 393 g/mol. The van der Waals surface area contributed by atoms with E-state index in [2.05, 4.69) is 26.7 Å². The van der Waals surface area contributed by atoms with Crippen molar-refractivity contribution in [3.63, 3.8) is 0 Å². The molecule has 0 fully saturated rings. The van der Waals surface area contributed by atoms with E-state index >= 15 is 0 Å². The Morgan fingerprint density at radius 1 is 1.00 bits per heavy atom. The van der Waals surface area contributed by atoms with Gasteiger partial charge >= 0.3 is 0 Å². The third-order valence-electron chi connectivity index (χ3n) is 4.20. The van der Waals surface area contributed by atoms with Gasteiger partial charge in [0.2, 0.25) is 5.95 Å². The van der Waals surface area contributed by atoms with Gasteiger partial charge in [-0.2, -0.15) is 4.98 Å². The molecule has 152 valence electrons. The molecule has 2 N–H and O–H groups in total. The van der Waals surface area contributed by atoms with Gasteiger partial charge < -0.3 is 20.1 Å². The lowest BCUT2D eigenvalue weighted by molar-refractivity contribution is 0.244. The molecule has 3 aromatic rings. The van der Waals surface area contributed by atoms with Crippen molar-refractivity contribution in [1.29, 1.82) is 0 Å². The molecule has 6 heteroatoms. The molecule has 0 atom stereocenters. The number of hydrogen-bond acceptors (Lipinski definition) is 6. The SMILES string of the molecule is COc1cccc(CCNc2cc(C)nc(Nc3ccccc3OC(C)C)n2)c1. The largest absolute Gasteiger partial charge is 0.497 e. The number of nitrogens with zero attached hydrogens (tertiary/aromatic N) is 2. The van der Waals surface area contributed by atoms with E-state index in [9.17, 15) is 0 Å². The Morgan fingerprint density at radius 2 is 1.83 bits per heavy atom. The highest BCUT2D eigenvalue weighted by Gasteiger charge is 2.08. The summed E-state index contributed by atoms with van der Waals surface area (Å²) < 4.78 is 11.1. The second-order valence-corrected chi connectivity index (χ2v) is 7.03. The van der Waals surface area contributed by atoms with Gasteiger partial charge in [-0.15, -0.1) is 0 Å². The van der Waals surface area contributed by atoms with E-state index in [1.54, 1.807) is 7.11 Å². The summed E-state index contributed by atoms with van der Waals surface area (Å²) in [5.41, 5.74) is 2.93. The average Bonchev–Trinajstić information content (AvgIpc) is 2.69. The number of methoxy groups -OCH3 is 1. The van der Waals surface area contributed by atoms with Gasteiger partial charge in [-0.05, 0) is 57.0 Å². The van der Waals surface area contributed by atoms with Crippen LogP contribution in [-0.2, 0) is 6.42 Å². The van der Waals surface area contributed by atoms with Gasteiger partial charge in [0.1, 0.15) is 17.3 Å². The van der Waals surface area contributed by atoms with Crippen LogP contribution in [0.15, 0.2) is 54.6 Å². The molecule has 0 aliphatic rings. The zero-order valence-corrected chi connectivity index (χ0v) is 17.4. The Labute approximate surface area is 172 Å². The molecule has 2 aromatic carbocycles. The molecule has 0 aliphatic heterocycles. The third kappa shape index (κ3) is 6.10. The van der Waals surface area contributed by atoms with E-state index in [-0.39, 0.29) is 6.10 Å². The van der Waals surface area contributed by atoms with Crippen LogP contribution in [-0.4, -0.2) is 29.7 Å². The van der Waals surface area contributed by atoms with Gasteiger partial charge in [0.05, 0.1) is 18.9 Å². The molecule has 1 heterocycles. The third-order valence-corrected chi connectivity index (χ3v) is 4.20. The number of nitrogens with one attached hydrogen (secondary N) is 2. The first-order valence-electron chi connectivity index (χ1n) is 9.78. The molecule has 0 aliphatic carbocycles. The fourth-order valence-corrected chi connectivity index (χ4v) is 2.92. The second-order valence-electron chi connectivity index (χ2n) is 7.03. The highest BCUT2D eigenvalue weighted by atomic mass is 16.5. The van der Waals surface area contributed by atoms with Crippen molar-refractivity contribution in [2.24, 2.45) is 0 Å². The summed E-state index contributed by atoms with van der Waals surface area (Å²) in [6.45, 7) is 6.72. The van der Waals surface area contributed by atoms with E-state index in [0.717, 1.165) is 41.7 Å². The zero-order chi connectivity index (χ0) is 20.6. The van der Waals surface area contributed by atoms with Crippen molar-refractivity contribution in [2.45, 2.75) is 33.3 Å². The summed E-state index contributed by atoms with van der Waals surface area (Å²) in [5, 5.41) is 6.66. The molecule has 3 rings (SSSR count). The van der Waals surface area contributed by atoms with Crippen LogP contribution in [0.5, 0.6) is 11.5 Å². The predicted octanol–water partition coefficient (Wildman–Crippen LogP) is 4.98. The summed E-state index contributed by atoms with van der Waals surface area (Å²) >= 11 is 0. The zero-order valence-electron chi connectivity index (χ0n) is 17.4. The fourth-order valence-electron chi connectivity index (χ4n) is 2.92. The Kier molecular flexibility index (Phi) is 6.89. The Morgan fingerprint density at radius 3 is 2.62 bits per heavy atom. The maximum atomic E-state index is 5.87. The van der Waals surface area contributed by atoms with Crippen LogP contribution in [0, 0.1) is 6.92 Å². The minimum absolute atomic E-state index is 0.0882. The van der Waals surface area contributed by atoms with Gasteiger partial charge in [0, 0.05) is 18.3 Å². The van der Waals surface area contributed by atoms with Gasteiger partial charge in [-0.1, -0.05) is 24.3 Å². The standard InChI is InChI=1S/C23H28N4O2/c1-16(2)29-21-11-6-5-10-20(21)26-23-25-17(3)14-22(27-23)24-13-12-18-8-7-9-19(15-18)28-4/h5-11,14-16H,12-13H2,1-4H3,(H2,24,25,26,27). The first kappa shape index (κ1) is 20.5. The van der Waals surface area contributed by atoms with E-state index in [1.807, 2.05) is 69.3 Å². The molecule has 0 saturated carbocycles. The van der Waals surface area contributed by atoms with Crippen LogP contribution >= 0.6 is 0 Å². The van der Waals surface area contributed by atoms with Gasteiger partial charge in [-0.25, -0.2) is 4.98 Å². The van der Waals surface area contributed by atoms with E-state index in [1.165, 1.54) is 5.56 Å². The Hall–Kier alpha value is -3.28. The first-order chi connectivity index (χ1) is 14.0. The van der Waals surface area contributed by atoms with Crippen LogP contribution in [0.1, 0.15) is 25.1 Å². The van der Waals surface area contributed by atoms with Crippen LogP contribution in [0.25, 0.3) is 0 Å². The normalized spacial score (nSPS) is 10.7. The van der Waals surface area contributed by atoms with Crippen molar-refractivity contribution in [3.8, 4) is 11.5 Å². The van der Waals surface area contributed by atoms with Crippen LogP contribution in [0.2, 0.25) is 0 Å². The van der Waals surface area contributed by atoms with E-state index < -0.39 is 0 Å². The smallest absolute Gasteiger partial charge is 0.229 e. The number of rotatable bonds is 9. The van der Waals surface area contributed by atoms with Crippen molar-refractivity contribution in [2.75, 3.05) is 24.3 Å². The second kappa shape index (κ2) is 9.78. The van der Waals surface area contributed by atoms with Gasteiger partial charge in [0.15, 0.2) is 0 Å². The summed E-state index contributed by atoms with van der Waals surface area (Å²) in [6.07, 6.45) is 0.957. The number of aromatic nitrogens is 2. The van der Waals surface area contributed by atoms with Crippen LogP contribution < -0.4 is 20.1 Å². The molecule has 29 heavy (non-hydrogen) atoms. The summed E-state index contributed by atoms with van der Waals surface area (Å²) in [5.74, 6) is 2.97. The molecule has 0 saturated heterocycles. The highest BCUT2D eigenvalue weighted by molar-refractivity contribution is 5.63. The number of benzene rings is 2. The number of anilines is 3. The first-order valence-corrected chi connectivity index (χ1v) is 9.78. The quantitative estimate of drug-likeness (QED) is 0.535. The monoisotopic (exact) mass is 392 g/mol. The molecule has 0 radical (unpaired) electrons. The lowest BCUT2D eigenvalue weighted by atomic mass is 10.1. The number of ether oxygens (including phenoxy) is 2. The van der Waals surface area contributed by atoms with Crippen LogP contribution in [0.4, 0.5) is 17.5 Å². The van der Waals surface area contributed by atoms with E-state index in [0.29, 0.717) is 5.95 Å². The molecule has 1 aromatic heterocycles. The minimum atomic E-state index is 0.0882. The van der Waals surface area contributed by atoms with Crippen LogP contribution in [0.3, 0.4) is 0 Å². The van der Waals surface area contributed by atoms with Crippen molar-refractivity contribution in [1.82, 2.24) is 9.97 Å².